The molecule has 0 amide bonds. The lowest BCUT2D eigenvalue weighted by Gasteiger charge is -2.13. The van der Waals surface area contributed by atoms with Gasteiger partial charge in [0.15, 0.2) is 0 Å². The van der Waals surface area contributed by atoms with Crippen molar-refractivity contribution < 1.29 is 26.5 Å². The normalized spacial score (nSPS) is 15.2. The van der Waals surface area contributed by atoms with Crippen molar-refractivity contribution in [3.05, 3.63) is 41.2 Å². The summed E-state index contributed by atoms with van der Waals surface area (Å²) in [6.45, 7) is 4.84. The van der Waals surface area contributed by atoms with Crippen molar-refractivity contribution in [1.82, 2.24) is 0 Å². The average molecular weight is 419 g/mol. The molecule has 1 atom stereocenters. The Hall–Kier alpha value is -1.38. The molecule has 1 heterocycles. The van der Waals surface area contributed by atoms with Gasteiger partial charge in [-0.1, -0.05) is 25.1 Å². The van der Waals surface area contributed by atoms with Crippen LogP contribution in [0.1, 0.15) is 37.8 Å². The Morgan fingerprint density at radius 3 is 2.56 bits per heavy atom. The number of halogens is 1. The Morgan fingerprint density at radius 1 is 1.37 bits per heavy atom. The van der Waals surface area contributed by atoms with Gasteiger partial charge in [-0.25, -0.2) is 4.39 Å². The summed E-state index contributed by atoms with van der Waals surface area (Å²) in [5, 5.41) is 0. The molecule has 0 spiro atoms. The van der Waals surface area contributed by atoms with Crippen LogP contribution >= 0.6 is 11.8 Å². The quantitative estimate of drug-likeness (QED) is 0.514. The van der Waals surface area contributed by atoms with Crippen LogP contribution in [0.4, 0.5) is 4.39 Å². The molecule has 1 aliphatic heterocycles. The summed E-state index contributed by atoms with van der Waals surface area (Å²) in [5.74, 6) is 1.61. The van der Waals surface area contributed by atoms with Crippen molar-refractivity contribution in [2.75, 3.05) is 24.4 Å². The van der Waals surface area contributed by atoms with Gasteiger partial charge in [-0.3, -0.25) is 8.98 Å². The Bertz CT molecular complexity index is 759. The van der Waals surface area contributed by atoms with Crippen LogP contribution < -0.4 is 0 Å². The second kappa shape index (κ2) is 11.5. The van der Waals surface area contributed by atoms with Crippen LogP contribution in [0, 0.1) is 12.7 Å². The number of esters is 1. The van der Waals surface area contributed by atoms with E-state index in [0.717, 1.165) is 35.3 Å². The zero-order valence-corrected chi connectivity index (χ0v) is 17.8. The first-order valence-corrected chi connectivity index (χ1v) is 11.6. The zero-order chi connectivity index (χ0) is 20.4. The van der Waals surface area contributed by atoms with Gasteiger partial charge in [0.1, 0.15) is 18.5 Å². The molecule has 1 aliphatic rings. The van der Waals surface area contributed by atoms with E-state index in [1.807, 2.05) is 30.8 Å². The van der Waals surface area contributed by atoms with E-state index >= 15 is 0 Å². The first-order valence-electron chi connectivity index (χ1n) is 8.67. The molecule has 152 valence electrons. The molecule has 0 aliphatic carbocycles. The lowest BCUT2D eigenvalue weighted by Crippen LogP contribution is -2.23. The first kappa shape index (κ1) is 23.7. The van der Waals surface area contributed by atoms with Crippen LogP contribution in [-0.4, -0.2) is 44.9 Å². The molecule has 27 heavy (non-hydrogen) atoms. The largest absolute Gasteiger partial charge is 0.460 e. The number of hydrogen-bond donors (Lipinski definition) is 0. The first-order chi connectivity index (χ1) is 12.6. The van der Waals surface area contributed by atoms with Crippen molar-refractivity contribution in [2.45, 2.75) is 39.7 Å². The van der Waals surface area contributed by atoms with Crippen molar-refractivity contribution in [1.29, 1.82) is 0 Å². The summed E-state index contributed by atoms with van der Waals surface area (Å²) < 4.78 is 44.0. The SMILES string of the molecule is CCC(COS(C)(=O)=O)OC(C)=O.Cc1ccc(C2=CCSCC2)c(F)c1. The third-order valence-electron chi connectivity index (χ3n) is 3.69. The molecule has 1 aromatic carbocycles. The van der Waals surface area contributed by atoms with Gasteiger partial charge in [0.25, 0.3) is 10.1 Å². The summed E-state index contributed by atoms with van der Waals surface area (Å²) in [4.78, 5) is 10.5. The van der Waals surface area contributed by atoms with Gasteiger partial charge in [-0.05, 0) is 42.7 Å². The Kier molecular flexibility index (Phi) is 10.0. The topological polar surface area (TPSA) is 69.7 Å². The molecule has 1 unspecified atom stereocenters. The number of carbonyl (C=O) groups is 1. The van der Waals surface area contributed by atoms with Gasteiger partial charge < -0.3 is 4.74 Å². The number of hydrogen-bond acceptors (Lipinski definition) is 6. The highest BCUT2D eigenvalue weighted by Crippen LogP contribution is 2.27. The minimum atomic E-state index is -3.46. The molecule has 0 radical (unpaired) electrons. The number of benzene rings is 1. The standard InChI is InChI=1S/C12H13FS.C7H14O5S/c1-9-2-3-11(12(13)8-9)10-4-6-14-7-5-10;1-4-7(12-6(2)8)5-11-13(3,9)10/h2-4,8H,5-7H2,1H3;7H,4-5H2,1-3H3. The third-order valence-corrected chi connectivity index (χ3v) is 5.15. The van der Waals surface area contributed by atoms with E-state index < -0.39 is 22.2 Å². The molecule has 0 N–H and O–H groups in total. The molecule has 0 saturated heterocycles. The fourth-order valence-electron chi connectivity index (χ4n) is 2.32. The Balaban J connectivity index is 0.000000271. The highest BCUT2D eigenvalue weighted by molar-refractivity contribution is 7.99. The number of carbonyl (C=O) groups excluding carboxylic acids is 1. The molecule has 2 rings (SSSR count). The molecular weight excluding hydrogens is 391 g/mol. The maximum absolute atomic E-state index is 13.6. The van der Waals surface area contributed by atoms with Gasteiger partial charge in [0, 0.05) is 18.2 Å². The summed E-state index contributed by atoms with van der Waals surface area (Å²) in [7, 11) is -3.46. The van der Waals surface area contributed by atoms with Crippen LogP contribution in [0.15, 0.2) is 24.3 Å². The van der Waals surface area contributed by atoms with Crippen LogP contribution in [0.2, 0.25) is 0 Å². The van der Waals surface area contributed by atoms with E-state index in [2.05, 4.69) is 10.3 Å². The van der Waals surface area contributed by atoms with E-state index in [-0.39, 0.29) is 12.4 Å². The van der Waals surface area contributed by atoms with Crippen molar-refractivity contribution in [3.63, 3.8) is 0 Å². The predicted molar refractivity (Wildman–Crippen MR) is 108 cm³/mol. The number of allylic oxidation sites excluding steroid dienone is 1. The summed E-state index contributed by atoms with van der Waals surface area (Å²) >= 11 is 1.90. The van der Waals surface area contributed by atoms with Crippen molar-refractivity contribution in [2.24, 2.45) is 0 Å². The molecule has 0 aromatic heterocycles. The summed E-state index contributed by atoms with van der Waals surface area (Å²) in [6, 6.07) is 5.48. The van der Waals surface area contributed by atoms with E-state index in [0.29, 0.717) is 6.42 Å². The van der Waals surface area contributed by atoms with Crippen molar-refractivity contribution in [3.8, 4) is 0 Å². The van der Waals surface area contributed by atoms with E-state index in [1.54, 1.807) is 13.0 Å². The molecule has 8 heteroatoms. The number of rotatable bonds is 6. The van der Waals surface area contributed by atoms with E-state index in [1.165, 1.54) is 12.5 Å². The number of thioether (sulfide) groups is 1. The smallest absolute Gasteiger partial charge is 0.302 e. The van der Waals surface area contributed by atoms with Crippen LogP contribution in [-0.2, 0) is 23.8 Å². The van der Waals surface area contributed by atoms with E-state index in [9.17, 15) is 17.6 Å². The Morgan fingerprint density at radius 2 is 2.07 bits per heavy atom. The highest BCUT2D eigenvalue weighted by atomic mass is 32.2. The van der Waals surface area contributed by atoms with E-state index in [4.69, 9.17) is 4.74 Å². The summed E-state index contributed by atoms with van der Waals surface area (Å²) in [6.07, 6.45) is 4.11. The van der Waals surface area contributed by atoms with Gasteiger partial charge in [-0.2, -0.15) is 20.2 Å². The third kappa shape index (κ3) is 9.93. The Labute approximate surface area is 165 Å². The molecule has 0 fully saturated rings. The second-order valence-electron chi connectivity index (χ2n) is 6.17. The minimum absolute atomic E-state index is 0.0804. The predicted octanol–water partition coefficient (Wildman–Crippen LogP) is 3.96. The van der Waals surface area contributed by atoms with Gasteiger partial charge in [0.2, 0.25) is 0 Å². The zero-order valence-electron chi connectivity index (χ0n) is 16.2. The second-order valence-corrected chi connectivity index (χ2v) is 8.96. The summed E-state index contributed by atoms with van der Waals surface area (Å²) in [5.41, 5.74) is 2.94. The molecular formula is C19H27FO5S2. The van der Waals surface area contributed by atoms with Crippen molar-refractivity contribution >= 4 is 33.4 Å². The molecule has 0 bridgehead atoms. The van der Waals surface area contributed by atoms with Crippen LogP contribution in [0.3, 0.4) is 0 Å². The number of ether oxygens (including phenoxy) is 1. The fraction of sp³-hybridized carbons (Fsp3) is 0.526. The average Bonchev–Trinajstić information content (AvgIpc) is 2.59. The van der Waals surface area contributed by atoms with Crippen LogP contribution in [0.25, 0.3) is 5.57 Å². The lowest BCUT2D eigenvalue weighted by atomic mass is 10.0. The van der Waals surface area contributed by atoms with Gasteiger partial charge >= 0.3 is 5.97 Å². The maximum Gasteiger partial charge on any atom is 0.302 e. The lowest BCUT2D eigenvalue weighted by molar-refractivity contribution is -0.147. The minimum Gasteiger partial charge on any atom is -0.460 e. The monoisotopic (exact) mass is 418 g/mol. The van der Waals surface area contributed by atoms with Crippen LogP contribution in [0.5, 0.6) is 0 Å². The van der Waals surface area contributed by atoms with Gasteiger partial charge in [-0.15, -0.1) is 0 Å². The maximum atomic E-state index is 13.6. The molecule has 0 saturated carbocycles. The highest BCUT2D eigenvalue weighted by Gasteiger charge is 2.13. The number of aryl methyl sites for hydroxylation is 1. The van der Waals surface area contributed by atoms with Gasteiger partial charge in [0.05, 0.1) is 6.26 Å². The molecule has 1 aromatic rings. The molecule has 5 nitrogen and oxygen atoms in total. The fourth-order valence-corrected chi connectivity index (χ4v) is 3.57.